The first-order valence-corrected chi connectivity index (χ1v) is 5.94. The Morgan fingerprint density at radius 3 is 2.72 bits per heavy atom. The zero-order chi connectivity index (χ0) is 13.8. The van der Waals surface area contributed by atoms with Crippen LogP contribution in [0.4, 0.5) is 10.5 Å². The number of carbonyl (C=O) groups excluding carboxylic acids is 1. The minimum atomic E-state index is -0.581. The Labute approximate surface area is 112 Å². The molecule has 1 aromatic rings. The number of urea groups is 1. The summed E-state index contributed by atoms with van der Waals surface area (Å²) in [5, 5.41) is 14.7. The van der Waals surface area contributed by atoms with Crippen molar-refractivity contribution in [2.75, 3.05) is 11.9 Å². The summed E-state index contributed by atoms with van der Waals surface area (Å²) < 4.78 is 0. The highest BCUT2D eigenvalue weighted by atomic mass is 35.5. The van der Waals surface area contributed by atoms with Gasteiger partial charge in [-0.25, -0.2) is 4.79 Å². The number of nitrogens with zero attached hydrogens (tertiary/aromatic N) is 1. The molecular formula is C13H16ClN3O. The second kappa shape index (κ2) is 5.74. The second-order valence-corrected chi connectivity index (χ2v) is 5.17. The molecule has 0 bridgehead atoms. The Balaban J connectivity index is 2.55. The zero-order valence-electron chi connectivity index (χ0n) is 10.7. The summed E-state index contributed by atoms with van der Waals surface area (Å²) in [5.41, 5.74) is 0.994. The average Bonchev–Trinajstić information content (AvgIpc) is 2.32. The van der Waals surface area contributed by atoms with E-state index in [0.717, 1.165) is 5.56 Å². The Kier molecular flexibility index (Phi) is 4.57. The normalized spacial score (nSPS) is 10.6. The molecule has 96 valence electrons. The van der Waals surface area contributed by atoms with Gasteiger partial charge in [-0.15, -0.1) is 0 Å². The molecule has 0 aliphatic heterocycles. The molecule has 1 rings (SSSR count). The molecule has 18 heavy (non-hydrogen) atoms. The Hall–Kier alpha value is -1.73. The lowest BCUT2D eigenvalue weighted by molar-refractivity contribution is 0.249. The predicted molar refractivity (Wildman–Crippen MR) is 72.6 cm³/mol. The molecule has 1 aromatic carbocycles. The van der Waals surface area contributed by atoms with E-state index in [-0.39, 0.29) is 12.6 Å². The molecule has 0 aliphatic carbocycles. The quantitative estimate of drug-likeness (QED) is 0.880. The van der Waals surface area contributed by atoms with Crippen LogP contribution in [0.15, 0.2) is 18.2 Å². The first-order chi connectivity index (χ1) is 8.34. The molecule has 4 nitrogen and oxygen atoms in total. The fourth-order valence-electron chi connectivity index (χ4n) is 1.19. The van der Waals surface area contributed by atoms with Crippen LogP contribution in [0.25, 0.3) is 0 Å². The molecule has 0 atom stereocenters. The van der Waals surface area contributed by atoms with E-state index in [4.69, 9.17) is 16.9 Å². The monoisotopic (exact) mass is 265 g/mol. The first-order valence-electron chi connectivity index (χ1n) is 5.56. The number of benzene rings is 1. The van der Waals surface area contributed by atoms with Gasteiger partial charge in [-0.3, -0.25) is 0 Å². The first kappa shape index (κ1) is 14.3. The van der Waals surface area contributed by atoms with Crippen molar-refractivity contribution in [3.8, 4) is 6.07 Å². The van der Waals surface area contributed by atoms with E-state index in [1.807, 2.05) is 13.0 Å². The number of nitrogens with one attached hydrogen (secondary N) is 2. The molecule has 0 spiro atoms. The summed E-state index contributed by atoms with van der Waals surface area (Å²) in [5.74, 6) is 0. The minimum absolute atomic E-state index is 0.287. The van der Waals surface area contributed by atoms with Crippen LogP contribution in [0.2, 0.25) is 5.02 Å². The highest BCUT2D eigenvalue weighted by molar-refractivity contribution is 6.31. The van der Waals surface area contributed by atoms with Gasteiger partial charge in [0, 0.05) is 17.3 Å². The highest BCUT2D eigenvalue weighted by Crippen LogP contribution is 2.19. The number of rotatable bonds is 3. The van der Waals surface area contributed by atoms with Crippen molar-refractivity contribution in [1.29, 1.82) is 5.26 Å². The maximum absolute atomic E-state index is 11.6. The van der Waals surface area contributed by atoms with Crippen molar-refractivity contribution in [3.05, 3.63) is 28.8 Å². The average molecular weight is 266 g/mol. The number of halogens is 1. The molecule has 0 unspecified atom stereocenters. The topological polar surface area (TPSA) is 64.9 Å². The lowest BCUT2D eigenvalue weighted by Crippen LogP contribution is -2.36. The summed E-state index contributed by atoms with van der Waals surface area (Å²) in [6.07, 6.45) is 0. The highest BCUT2D eigenvalue weighted by Gasteiger charge is 2.17. The Morgan fingerprint density at radius 2 is 2.17 bits per heavy atom. The van der Waals surface area contributed by atoms with Gasteiger partial charge in [-0.05, 0) is 38.5 Å². The van der Waals surface area contributed by atoms with Crippen molar-refractivity contribution in [2.45, 2.75) is 20.8 Å². The van der Waals surface area contributed by atoms with Gasteiger partial charge >= 0.3 is 6.03 Å². The van der Waals surface area contributed by atoms with Crippen molar-refractivity contribution in [3.63, 3.8) is 0 Å². The van der Waals surface area contributed by atoms with Gasteiger partial charge in [0.15, 0.2) is 0 Å². The molecule has 0 radical (unpaired) electrons. The van der Waals surface area contributed by atoms with Crippen molar-refractivity contribution < 1.29 is 4.79 Å². The molecule has 2 amide bonds. The molecule has 0 aliphatic rings. The number of nitriles is 1. The van der Waals surface area contributed by atoms with Crippen LogP contribution < -0.4 is 10.6 Å². The second-order valence-electron chi connectivity index (χ2n) is 4.77. The Bertz CT molecular complexity index is 491. The maximum Gasteiger partial charge on any atom is 0.319 e. The van der Waals surface area contributed by atoms with Crippen molar-refractivity contribution in [1.82, 2.24) is 5.32 Å². The third-order valence-electron chi connectivity index (χ3n) is 2.42. The summed E-state index contributed by atoms with van der Waals surface area (Å²) in [7, 11) is 0. The zero-order valence-corrected chi connectivity index (χ0v) is 11.4. The number of amides is 2. The van der Waals surface area contributed by atoms with E-state index in [9.17, 15) is 4.79 Å². The van der Waals surface area contributed by atoms with Crippen LogP contribution in [0.5, 0.6) is 0 Å². The number of aryl methyl sites for hydroxylation is 1. The van der Waals surface area contributed by atoms with Crippen LogP contribution in [-0.2, 0) is 0 Å². The SMILES string of the molecule is Cc1ccc(NC(=O)NCC(C)(C)C#N)cc1Cl. The van der Waals surface area contributed by atoms with Gasteiger partial charge in [0.25, 0.3) is 0 Å². The molecule has 0 saturated heterocycles. The summed E-state index contributed by atoms with van der Waals surface area (Å²) >= 11 is 5.95. The number of anilines is 1. The van der Waals surface area contributed by atoms with E-state index in [1.165, 1.54) is 0 Å². The summed E-state index contributed by atoms with van der Waals surface area (Å²) in [6.45, 7) is 5.70. The van der Waals surface area contributed by atoms with E-state index in [0.29, 0.717) is 10.7 Å². The molecule has 0 saturated carbocycles. The van der Waals surface area contributed by atoms with E-state index < -0.39 is 5.41 Å². The van der Waals surface area contributed by atoms with Gasteiger partial charge in [-0.1, -0.05) is 17.7 Å². The lowest BCUT2D eigenvalue weighted by atomic mass is 9.96. The number of hydrogen-bond donors (Lipinski definition) is 2. The van der Waals surface area contributed by atoms with Gasteiger partial charge in [0.1, 0.15) is 0 Å². The smallest absolute Gasteiger partial charge is 0.319 e. The summed E-state index contributed by atoms with van der Waals surface area (Å²) in [6, 6.07) is 7.06. The van der Waals surface area contributed by atoms with Crippen LogP contribution >= 0.6 is 11.6 Å². The van der Waals surface area contributed by atoms with E-state index >= 15 is 0 Å². The fourth-order valence-corrected chi connectivity index (χ4v) is 1.37. The van der Waals surface area contributed by atoms with E-state index in [1.54, 1.807) is 26.0 Å². The molecule has 0 fully saturated rings. The van der Waals surface area contributed by atoms with Crippen LogP contribution in [0.1, 0.15) is 19.4 Å². The summed E-state index contributed by atoms with van der Waals surface area (Å²) in [4.78, 5) is 11.6. The third kappa shape index (κ3) is 4.27. The van der Waals surface area contributed by atoms with Crippen LogP contribution in [0, 0.1) is 23.7 Å². The van der Waals surface area contributed by atoms with Gasteiger partial charge in [0.05, 0.1) is 11.5 Å². The van der Waals surface area contributed by atoms with E-state index in [2.05, 4.69) is 16.7 Å². The van der Waals surface area contributed by atoms with Gasteiger partial charge in [0.2, 0.25) is 0 Å². The standard InChI is InChI=1S/C13H16ClN3O/c1-9-4-5-10(6-11(9)14)17-12(18)16-8-13(2,3)7-15/h4-6H,8H2,1-3H3,(H2,16,17,18). The largest absolute Gasteiger partial charge is 0.336 e. The third-order valence-corrected chi connectivity index (χ3v) is 2.83. The maximum atomic E-state index is 11.6. The molecule has 0 aromatic heterocycles. The van der Waals surface area contributed by atoms with Crippen molar-refractivity contribution >= 4 is 23.3 Å². The molecule has 5 heteroatoms. The predicted octanol–water partition coefficient (Wildman–Crippen LogP) is 3.32. The van der Waals surface area contributed by atoms with Crippen LogP contribution in [-0.4, -0.2) is 12.6 Å². The minimum Gasteiger partial charge on any atom is -0.336 e. The number of carbonyl (C=O) groups is 1. The van der Waals surface area contributed by atoms with Gasteiger partial charge < -0.3 is 10.6 Å². The molecular weight excluding hydrogens is 250 g/mol. The van der Waals surface area contributed by atoms with Gasteiger partial charge in [-0.2, -0.15) is 5.26 Å². The lowest BCUT2D eigenvalue weighted by Gasteiger charge is -2.16. The Morgan fingerprint density at radius 1 is 1.50 bits per heavy atom. The van der Waals surface area contributed by atoms with Crippen molar-refractivity contribution in [2.24, 2.45) is 5.41 Å². The number of hydrogen-bond acceptors (Lipinski definition) is 2. The fraction of sp³-hybridized carbons (Fsp3) is 0.385. The molecule has 2 N–H and O–H groups in total. The molecule has 0 heterocycles. The van der Waals surface area contributed by atoms with Crippen LogP contribution in [0.3, 0.4) is 0 Å².